The fourth-order valence-electron chi connectivity index (χ4n) is 1.72. The van der Waals surface area contributed by atoms with Crippen LogP contribution >= 0.6 is 0 Å². The van der Waals surface area contributed by atoms with Crippen LogP contribution < -0.4 is 5.32 Å². The van der Waals surface area contributed by atoms with E-state index in [-0.39, 0.29) is 17.7 Å². The van der Waals surface area contributed by atoms with Crippen LogP contribution in [0.25, 0.3) is 10.8 Å². The first-order chi connectivity index (χ1) is 8.06. The van der Waals surface area contributed by atoms with E-state index < -0.39 is 0 Å². The molecule has 0 saturated heterocycles. The van der Waals surface area contributed by atoms with Crippen molar-refractivity contribution in [3.8, 4) is 5.75 Å². The molecule has 17 heavy (non-hydrogen) atoms. The summed E-state index contributed by atoms with van der Waals surface area (Å²) in [6.07, 6.45) is 0. The van der Waals surface area contributed by atoms with Crippen molar-refractivity contribution in [3.63, 3.8) is 0 Å². The lowest BCUT2D eigenvalue weighted by Crippen LogP contribution is -2.29. The minimum absolute atomic E-state index is 0.0741. The van der Waals surface area contributed by atoms with E-state index in [2.05, 4.69) is 5.32 Å². The minimum Gasteiger partial charge on any atom is -0.508 e. The second-order valence-electron chi connectivity index (χ2n) is 4.37. The van der Waals surface area contributed by atoms with E-state index in [0.717, 1.165) is 10.8 Å². The van der Waals surface area contributed by atoms with Crippen molar-refractivity contribution in [1.29, 1.82) is 0 Å². The number of hydrogen-bond acceptors (Lipinski definition) is 2. The van der Waals surface area contributed by atoms with Gasteiger partial charge < -0.3 is 10.4 Å². The molecule has 0 aliphatic heterocycles. The van der Waals surface area contributed by atoms with E-state index >= 15 is 0 Å². The summed E-state index contributed by atoms with van der Waals surface area (Å²) in [5, 5.41) is 14.1. The van der Waals surface area contributed by atoms with Gasteiger partial charge in [0.2, 0.25) is 0 Å². The third-order valence-electron chi connectivity index (χ3n) is 2.51. The number of phenols is 1. The molecule has 88 valence electrons. The number of hydrogen-bond donors (Lipinski definition) is 2. The number of aromatic hydroxyl groups is 1. The van der Waals surface area contributed by atoms with Crippen molar-refractivity contribution in [3.05, 3.63) is 42.0 Å². The molecular formula is C14H15NO2. The molecule has 0 saturated carbocycles. The summed E-state index contributed by atoms with van der Waals surface area (Å²) in [7, 11) is 0. The van der Waals surface area contributed by atoms with Crippen LogP contribution in [0.5, 0.6) is 5.75 Å². The molecule has 0 radical (unpaired) electrons. The standard InChI is InChI=1S/C14H15NO2/c1-9(2)15-14(17)12-4-3-11-8-13(16)6-5-10(11)7-12/h3-9,16H,1-2H3,(H,15,17). The number of phenolic OH excluding ortho intramolecular Hbond substituents is 1. The molecule has 0 aliphatic rings. The normalized spacial score (nSPS) is 10.8. The zero-order valence-corrected chi connectivity index (χ0v) is 9.90. The molecule has 0 aromatic heterocycles. The van der Waals surface area contributed by atoms with Gasteiger partial charge in [-0.25, -0.2) is 0 Å². The van der Waals surface area contributed by atoms with Gasteiger partial charge in [0, 0.05) is 11.6 Å². The van der Waals surface area contributed by atoms with E-state index in [9.17, 15) is 9.90 Å². The smallest absolute Gasteiger partial charge is 0.251 e. The molecule has 2 rings (SSSR count). The third-order valence-corrected chi connectivity index (χ3v) is 2.51. The van der Waals surface area contributed by atoms with E-state index in [1.54, 1.807) is 24.3 Å². The largest absolute Gasteiger partial charge is 0.508 e. The second kappa shape index (κ2) is 4.45. The molecular weight excluding hydrogens is 214 g/mol. The molecule has 2 N–H and O–H groups in total. The Balaban J connectivity index is 2.38. The van der Waals surface area contributed by atoms with Gasteiger partial charge in [0.15, 0.2) is 0 Å². The van der Waals surface area contributed by atoms with Gasteiger partial charge in [-0.05, 0) is 48.9 Å². The topological polar surface area (TPSA) is 49.3 Å². The number of rotatable bonds is 2. The average Bonchev–Trinajstić information content (AvgIpc) is 2.27. The van der Waals surface area contributed by atoms with Crippen LogP contribution in [-0.2, 0) is 0 Å². The van der Waals surface area contributed by atoms with Crippen LogP contribution in [-0.4, -0.2) is 17.1 Å². The highest BCUT2D eigenvalue weighted by atomic mass is 16.3. The lowest BCUT2D eigenvalue weighted by atomic mass is 10.1. The van der Waals surface area contributed by atoms with Gasteiger partial charge in [0.25, 0.3) is 5.91 Å². The number of benzene rings is 2. The number of carbonyl (C=O) groups excluding carboxylic acids is 1. The Morgan fingerprint density at radius 1 is 1.12 bits per heavy atom. The van der Waals surface area contributed by atoms with E-state index in [4.69, 9.17) is 0 Å². The molecule has 2 aromatic rings. The highest BCUT2D eigenvalue weighted by molar-refractivity contribution is 5.98. The first kappa shape index (κ1) is 11.5. The molecule has 0 aliphatic carbocycles. The van der Waals surface area contributed by atoms with Gasteiger partial charge in [-0.2, -0.15) is 0 Å². The zero-order chi connectivity index (χ0) is 12.4. The summed E-state index contributed by atoms with van der Waals surface area (Å²) >= 11 is 0. The third kappa shape index (κ3) is 2.56. The number of amides is 1. The fraction of sp³-hybridized carbons (Fsp3) is 0.214. The summed E-state index contributed by atoms with van der Waals surface area (Å²) < 4.78 is 0. The SMILES string of the molecule is CC(C)NC(=O)c1ccc2cc(O)ccc2c1. The fourth-order valence-corrected chi connectivity index (χ4v) is 1.72. The Hall–Kier alpha value is -2.03. The van der Waals surface area contributed by atoms with E-state index in [1.165, 1.54) is 0 Å². The Morgan fingerprint density at radius 3 is 2.47 bits per heavy atom. The van der Waals surface area contributed by atoms with Gasteiger partial charge in [-0.15, -0.1) is 0 Å². The van der Waals surface area contributed by atoms with Crippen molar-refractivity contribution >= 4 is 16.7 Å². The van der Waals surface area contributed by atoms with Crippen LogP contribution in [0.4, 0.5) is 0 Å². The van der Waals surface area contributed by atoms with Crippen LogP contribution in [0.2, 0.25) is 0 Å². The molecule has 1 amide bonds. The molecule has 0 unspecified atom stereocenters. The van der Waals surface area contributed by atoms with E-state index in [1.807, 2.05) is 26.0 Å². The first-order valence-corrected chi connectivity index (χ1v) is 5.60. The summed E-state index contributed by atoms with van der Waals surface area (Å²) in [4.78, 5) is 11.8. The lowest BCUT2D eigenvalue weighted by Gasteiger charge is -2.09. The molecule has 0 fully saturated rings. The predicted octanol–water partition coefficient (Wildman–Crippen LogP) is 2.68. The number of nitrogens with one attached hydrogen (secondary N) is 1. The van der Waals surface area contributed by atoms with Crippen LogP contribution in [0.15, 0.2) is 36.4 Å². The highest BCUT2D eigenvalue weighted by Crippen LogP contribution is 2.21. The quantitative estimate of drug-likeness (QED) is 0.831. The average molecular weight is 229 g/mol. The zero-order valence-electron chi connectivity index (χ0n) is 9.90. The van der Waals surface area contributed by atoms with Gasteiger partial charge >= 0.3 is 0 Å². The molecule has 2 aromatic carbocycles. The van der Waals surface area contributed by atoms with Crippen molar-refractivity contribution in [2.45, 2.75) is 19.9 Å². The maximum Gasteiger partial charge on any atom is 0.251 e. The van der Waals surface area contributed by atoms with Gasteiger partial charge in [-0.1, -0.05) is 12.1 Å². The molecule has 3 nitrogen and oxygen atoms in total. The van der Waals surface area contributed by atoms with Crippen LogP contribution in [0, 0.1) is 0 Å². The van der Waals surface area contributed by atoms with Gasteiger partial charge in [0.05, 0.1) is 0 Å². The van der Waals surface area contributed by atoms with Gasteiger partial charge in [0.1, 0.15) is 5.75 Å². The maximum absolute atomic E-state index is 11.8. The molecule has 0 heterocycles. The number of carbonyl (C=O) groups is 1. The van der Waals surface area contributed by atoms with Crippen LogP contribution in [0.1, 0.15) is 24.2 Å². The van der Waals surface area contributed by atoms with Crippen molar-refractivity contribution in [2.24, 2.45) is 0 Å². The predicted molar refractivity (Wildman–Crippen MR) is 68.2 cm³/mol. The van der Waals surface area contributed by atoms with Gasteiger partial charge in [-0.3, -0.25) is 4.79 Å². The van der Waals surface area contributed by atoms with Crippen molar-refractivity contribution in [2.75, 3.05) is 0 Å². The summed E-state index contributed by atoms with van der Waals surface area (Å²) in [5.74, 6) is 0.159. The first-order valence-electron chi connectivity index (χ1n) is 5.60. The molecule has 0 spiro atoms. The summed E-state index contributed by atoms with van der Waals surface area (Å²) in [6, 6.07) is 10.6. The van der Waals surface area contributed by atoms with E-state index in [0.29, 0.717) is 5.56 Å². The molecule has 3 heteroatoms. The second-order valence-corrected chi connectivity index (χ2v) is 4.37. The molecule has 0 bridgehead atoms. The summed E-state index contributed by atoms with van der Waals surface area (Å²) in [6.45, 7) is 3.86. The van der Waals surface area contributed by atoms with Crippen molar-refractivity contribution < 1.29 is 9.90 Å². The Bertz CT molecular complexity index is 561. The molecule has 0 atom stereocenters. The van der Waals surface area contributed by atoms with Crippen LogP contribution in [0.3, 0.4) is 0 Å². The minimum atomic E-state index is -0.0741. The van der Waals surface area contributed by atoms with Crippen molar-refractivity contribution in [1.82, 2.24) is 5.32 Å². The maximum atomic E-state index is 11.8. The Kier molecular flexibility index (Phi) is 3.00. The highest BCUT2D eigenvalue weighted by Gasteiger charge is 2.07. The number of fused-ring (bicyclic) bond motifs is 1. The Morgan fingerprint density at radius 2 is 1.76 bits per heavy atom. The lowest BCUT2D eigenvalue weighted by molar-refractivity contribution is 0.0943. The monoisotopic (exact) mass is 229 g/mol. The summed E-state index contributed by atoms with van der Waals surface area (Å²) in [5.41, 5.74) is 0.636. The Labute approximate surface area is 100 Å².